The predicted molar refractivity (Wildman–Crippen MR) is 102 cm³/mol. The van der Waals surface area contributed by atoms with Gasteiger partial charge in [0.1, 0.15) is 0 Å². The molecule has 132 valence electrons. The minimum Gasteiger partial charge on any atom is -0.382 e. The number of rotatable bonds is 10. The van der Waals surface area contributed by atoms with E-state index in [2.05, 4.69) is 58.0 Å². The van der Waals surface area contributed by atoms with Crippen molar-refractivity contribution in [1.82, 2.24) is 15.6 Å². The average Bonchev–Trinajstić information content (AvgIpc) is 3.01. The highest BCUT2D eigenvalue weighted by atomic mass is 16.5. The van der Waals surface area contributed by atoms with Crippen molar-refractivity contribution in [3.8, 4) is 0 Å². The fourth-order valence-electron chi connectivity index (χ4n) is 2.67. The third-order valence-corrected chi connectivity index (χ3v) is 3.86. The van der Waals surface area contributed by atoms with Crippen LogP contribution >= 0.6 is 0 Å². The lowest BCUT2D eigenvalue weighted by atomic mass is 10.1. The summed E-state index contributed by atoms with van der Waals surface area (Å²) in [6.45, 7) is 8.26. The molecule has 0 amide bonds. The third kappa shape index (κ3) is 5.89. The maximum absolute atomic E-state index is 5.35. The topological polar surface area (TPSA) is 61.4 Å². The van der Waals surface area contributed by atoms with E-state index >= 15 is 0 Å². The highest BCUT2D eigenvalue weighted by Crippen LogP contribution is 2.18. The number of nitrogens with one attached hydrogen (secondary N) is 3. The zero-order valence-corrected chi connectivity index (χ0v) is 14.9. The van der Waals surface area contributed by atoms with Crippen molar-refractivity contribution in [3.05, 3.63) is 36.0 Å². The van der Waals surface area contributed by atoms with E-state index in [9.17, 15) is 0 Å². The molecule has 0 saturated carbocycles. The van der Waals surface area contributed by atoms with E-state index in [1.807, 2.05) is 6.92 Å². The lowest BCUT2D eigenvalue weighted by Gasteiger charge is -2.11. The maximum Gasteiger partial charge on any atom is 0.191 e. The molecule has 1 heterocycles. The van der Waals surface area contributed by atoms with Gasteiger partial charge in [-0.3, -0.25) is 4.99 Å². The van der Waals surface area contributed by atoms with Crippen LogP contribution in [0.2, 0.25) is 0 Å². The van der Waals surface area contributed by atoms with Gasteiger partial charge in [-0.05, 0) is 44.7 Å². The van der Waals surface area contributed by atoms with Crippen LogP contribution in [0.4, 0.5) is 0 Å². The molecule has 0 aliphatic heterocycles. The van der Waals surface area contributed by atoms with Crippen LogP contribution in [0, 0.1) is 0 Å². The van der Waals surface area contributed by atoms with Crippen LogP contribution in [0.1, 0.15) is 32.3 Å². The molecular weight excluding hydrogens is 300 g/mol. The van der Waals surface area contributed by atoms with Crippen LogP contribution in [0.5, 0.6) is 0 Å². The molecule has 0 fully saturated rings. The van der Waals surface area contributed by atoms with Gasteiger partial charge < -0.3 is 20.4 Å². The fraction of sp³-hybridized carbons (Fsp3) is 0.526. The first-order valence-corrected chi connectivity index (χ1v) is 9.00. The number of ether oxygens (including phenoxy) is 1. The summed E-state index contributed by atoms with van der Waals surface area (Å²) in [5, 5.41) is 7.97. The van der Waals surface area contributed by atoms with Crippen LogP contribution in [-0.4, -0.2) is 43.8 Å². The van der Waals surface area contributed by atoms with E-state index in [0.29, 0.717) is 0 Å². The first-order chi connectivity index (χ1) is 11.8. The summed E-state index contributed by atoms with van der Waals surface area (Å²) in [7, 11) is 0. The Morgan fingerprint density at radius 1 is 1.17 bits per heavy atom. The van der Waals surface area contributed by atoms with E-state index in [1.54, 1.807) is 0 Å². The number of para-hydroxylation sites is 1. The summed E-state index contributed by atoms with van der Waals surface area (Å²) in [6, 6.07) is 8.45. The molecular formula is C19H30N4O. The van der Waals surface area contributed by atoms with Gasteiger partial charge in [0.15, 0.2) is 5.96 Å². The molecule has 1 aromatic heterocycles. The van der Waals surface area contributed by atoms with Gasteiger partial charge >= 0.3 is 0 Å². The van der Waals surface area contributed by atoms with Crippen molar-refractivity contribution in [1.29, 1.82) is 0 Å². The number of aryl methyl sites for hydroxylation is 1. The van der Waals surface area contributed by atoms with E-state index in [-0.39, 0.29) is 0 Å². The Labute approximate surface area is 144 Å². The largest absolute Gasteiger partial charge is 0.382 e. The Hall–Kier alpha value is -2.01. The highest BCUT2D eigenvalue weighted by Gasteiger charge is 2.02. The molecule has 0 spiro atoms. The Morgan fingerprint density at radius 3 is 2.88 bits per heavy atom. The molecule has 2 rings (SSSR count). The molecule has 0 unspecified atom stereocenters. The first-order valence-electron chi connectivity index (χ1n) is 9.00. The number of guanidine groups is 1. The number of benzene rings is 1. The van der Waals surface area contributed by atoms with Gasteiger partial charge in [0.05, 0.1) is 0 Å². The second kappa shape index (κ2) is 10.7. The summed E-state index contributed by atoms with van der Waals surface area (Å²) in [6.07, 6.45) is 5.19. The fourth-order valence-corrected chi connectivity index (χ4v) is 2.67. The van der Waals surface area contributed by atoms with Gasteiger partial charge in [-0.2, -0.15) is 0 Å². The standard InChI is InChI=1S/C19H30N4O/c1-3-20-19(22-13-8-14-24-4-2)21-12-7-9-16-15-23-18-11-6-5-10-17(16)18/h5-6,10-11,15,23H,3-4,7-9,12-14H2,1-2H3,(H2,20,21,22). The molecule has 0 atom stereocenters. The molecule has 0 bridgehead atoms. The van der Waals surface area contributed by atoms with E-state index < -0.39 is 0 Å². The number of aromatic amines is 1. The minimum atomic E-state index is 0.780. The number of nitrogens with zero attached hydrogens (tertiary/aromatic N) is 1. The smallest absolute Gasteiger partial charge is 0.191 e. The summed E-state index contributed by atoms with van der Waals surface area (Å²) in [5.41, 5.74) is 2.58. The average molecular weight is 330 g/mol. The number of aliphatic imine (C=N–C) groups is 1. The molecule has 3 N–H and O–H groups in total. The molecule has 1 aromatic carbocycles. The number of H-pyrrole nitrogens is 1. The van der Waals surface area contributed by atoms with Crippen molar-refractivity contribution < 1.29 is 4.74 Å². The number of hydrogen-bond acceptors (Lipinski definition) is 2. The SMILES string of the molecule is CCNC(=NCCCc1c[nH]c2ccccc12)NCCCOCC. The summed E-state index contributed by atoms with van der Waals surface area (Å²) >= 11 is 0. The Balaban J connectivity index is 1.75. The lowest BCUT2D eigenvalue weighted by molar-refractivity contribution is 0.145. The van der Waals surface area contributed by atoms with E-state index in [4.69, 9.17) is 4.74 Å². The number of fused-ring (bicyclic) bond motifs is 1. The predicted octanol–water partition coefficient (Wildman–Crippen LogP) is 3.08. The van der Waals surface area contributed by atoms with Crippen molar-refractivity contribution >= 4 is 16.9 Å². The molecule has 0 aliphatic rings. The summed E-state index contributed by atoms with van der Waals surface area (Å²) in [4.78, 5) is 7.98. The zero-order valence-electron chi connectivity index (χ0n) is 14.9. The molecule has 2 aromatic rings. The van der Waals surface area contributed by atoms with Crippen LogP contribution in [0.15, 0.2) is 35.5 Å². The van der Waals surface area contributed by atoms with Crippen molar-refractivity contribution in [2.75, 3.05) is 32.8 Å². The normalized spacial score (nSPS) is 11.8. The number of hydrogen-bond donors (Lipinski definition) is 3. The molecule has 5 nitrogen and oxygen atoms in total. The van der Waals surface area contributed by atoms with Gasteiger partial charge in [-0.25, -0.2) is 0 Å². The van der Waals surface area contributed by atoms with E-state index in [0.717, 1.165) is 58.1 Å². The highest BCUT2D eigenvalue weighted by molar-refractivity contribution is 5.83. The monoisotopic (exact) mass is 330 g/mol. The number of aromatic nitrogens is 1. The van der Waals surface area contributed by atoms with Gasteiger partial charge in [0.2, 0.25) is 0 Å². The quantitative estimate of drug-likeness (QED) is 0.356. The van der Waals surface area contributed by atoms with Crippen molar-refractivity contribution in [3.63, 3.8) is 0 Å². The molecule has 0 radical (unpaired) electrons. The summed E-state index contributed by atoms with van der Waals surface area (Å²) in [5.74, 6) is 0.896. The van der Waals surface area contributed by atoms with Gasteiger partial charge in [-0.15, -0.1) is 0 Å². The molecule has 0 saturated heterocycles. The Kier molecular flexibility index (Phi) is 8.18. The van der Waals surface area contributed by atoms with Crippen LogP contribution in [-0.2, 0) is 11.2 Å². The van der Waals surface area contributed by atoms with Gasteiger partial charge in [0, 0.05) is 49.9 Å². The van der Waals surface area contributed by atoms with Crippen LogP contribution in [0.25, 0.3) is 10.9 Å². The molecule has 24 heavy (non-hydrogen) atoms. The lowest BCUT2D eigenvalue weighted by Crippen LogP contribution is -2.38. The second-order valence-electron chi connectivity index (χ2n) is 5.70. The van der Waals surface area contributed by atoms with Crippen molar-refractivity contribution in [2.45, 2.75) is 33.1 Å². The van der Waals surface area contributed by atoms with Crippen LogP contribution in [0.3, 0.4) is 0 Å². The van der Waals surface area contributed by atoms with Gasteiger partial charge in [-0.1, -0.05) is 18.2 Å². The van der Waals surface area contributed by atoms with Gasteiger partial charge in [0.25, 0.3) is 0 Å². The third-order valence-electron chi connectivity index (χ3n) is 3.86. The molecule has 5 heteroatoms. The second-order valence-corrected chi connectivity index (χ2v) is 5.70. The minimum absolute atomic E-state index is 0.780. The Morgan fingerprint density at radius 2 is 2.04 bits per heavy atom. The summed E-state index contributed by atoms with van der Waals surface area (Å²) < 4.78 is 5.35. The van der Waals surface area contributed by atoms with Crippen molar-refractivity contribution in [2.24, 2.45) is 4.99 Å². The first kappa shape index (κ1) is 18.3. The van der Waals surface area contributed by atoms with E-state index in [1.165, 1.54) is 16.5 Å². The maximum atomic E-state index is 5.35. The molecule has 0 aliphatic carbocycles. The Bertz CT molecular complexity index is 621. The zero-order chi connectivity index (χ0) is 17.0. The van der Waals surface area contributed by atoms with Crippen LogP contribution < -0.4 is 10.6 Å².